The van der Waals surface area contributed by atoms with Crippen molar-refractivity contribution in [1.82, 2.24) is 16.0 Å². The first-order valence-electron chi connectivity index (χ1n) is 8.53. The number of nitrogens with zero attached hydrogens (tertiary/aromatic N) is 1. The average Bonchev–Trinajstić information content (AvgIpc) is 3.08. The summed E-state index contributed by atoms with van der Waals surface area (Å²) in [5.41, 5.74) is 0. The minimum absolute atomic E-state index is 0. The Hall–Kier alpha value is -0.580. The van der Waals surface area contributed by atoms with Gasteiger partial charge in [0, 0.05) is 25.0 Å². The molecule has 0 aromatic rings. The zero-order valence-electron chi connectivity index (χ0n) is 14.2. The van der Waals surface area contributed by atoms with Crippen LogP contribution in [0.3, 0.4) is 0 Å². The first-order chi connectivity index (χ1) is 11.0. The fourth-order valence-electron chi connectivity index (χ4n) is 3.06. The summed E-state index contributed by atoms with van der Waals surface area (Å²) in [5.74, 6) is 0.864. The van der Waals surface area contributed by atoms with E-state index in [1.807, 2.05) is 6.92 Å². The van der Waals surface area contributed by atoms with Gasteiger partial charge in [-0.2, -0.15) is 0 Å². The van der Waals surface area contributed by atoms with Crippen LogP contribution in [0.2, 0.25) is 0 Å². The quantitative estimate of drug-likeness (QED) is 0.302. The number of aliphatic imine (C=N–C) groups is 1. The molecule has 0 aromatic carbocycles. The molecule has 1 amide bonds. The van der Waals surface area contributed by atoms with Crippen LogP contribution in [0.5, 0.6) is 0 Å². The molecule has 2 fully saturated rings. The molecule has 1 saturated carbocycles. The molecule has 3 N–H and O–H groups in total. The SMILES string of the molecule is CCNC(=NCCC(=O)NC1CCS(=O)(=O)C1)NC1CCCC1.I. The van der Waals surface area contributed by atoms with Gasteiger partial charge in [-0.25, -0.2) is 8.42 Å². The second-order valence-electron chi connectivity index (χ2n) is 6.30. The summed E-state index contributed by atoms with van der Waals surface area (Å²) >= 11 is 0. The monoisotopic (exact) mass is 472 g/mol. The minimum atomic E-state index is -2.96. The van der Waals surface area contributed by atoms with E-state index in [9.17, 15) is 13.2 Å². The molecule has 1 unspecified atom stereocenters. The maximum atomic E-state index is 11.9. The van der Waals surface area contributed by atoms with Crippen molar-refractivity contribution in [2.45, 2.75) is 57.5 Å². The van der Waals surface area contributed by atoms with Crippen LogP contribution in [0.25, 0.3) is 0 Å². The molecule has 24 heavy (non-hydrogen) atoms. The van der Waals surface area contributed by atoms with Crippen molar-refractivity contribution < 1.29 is 13.2 Å². The maximum Gasteiger partial charge on any atom is 0.222 e. The molecule has 2 rings (SSSR count). The third-order valence-corrected chi connectivity index (χ3v) is 6.01. The number of carbonyl (C=O) groups excluding carboxylic acids is 1. The molecule has 7 nitrogen and oxygen atoms in total. The lowest BCUT2D eigenvalue weighted by Gasteiger charge is -2.16. The zero-order valence-corrected chi connectivity index (χ0v) is 17.4. The van der Waals surface area contributed by atoms with Gasteiger partial charge >= 0.3 is 0 Å². The highest BCUT2D eigenvalue weighted by Crippen LogP contribution is 2.17. The summed E-state index contributed by atoms with van der Waals surface area (Å²) in [6.07, 6.45) is 5.64. The Labute approximate surface area is 161 Å². The largest absolute Gasteiger partial charge is 0.357 e. The number of guanidine groups is 1. The second-order valence-corrected chi connectivity index (χ2v) is 8.53. The smallest absolute Gasteiger partial charge is 0.222 e. The lowest BCUT2D eigenvalue weighted by Crippen LogP contribution is -2.42. The predicted molar refractivity (Wildman–Crippen MR) is 107 cm³/mol. The molecule has 1 aliphatic carbocycles. The Morgan fingerprint density at radius 2 is 1.83 bits per heavy atom. The Morgan fingerprint density at radius 3 is 2.42 bits per heavy atom. The zero-order chi connectivity index (χ0) is 16.7. The van der Waals surface area contributed by atoms with Crippen molar-refractivity contribution in [2.75, 3.05) is 24.6 Å². The molecule has 2 aliphatic rings. The van der Waals surface area contributed by atoms with Crippen molar-refractivity contribution in [3.8, 4) is 0 Å². The minimum Gasteiger partial charge on any atom is -0.357 e. The number of sulfone groups is 1. The van der Waals surface area contributed by atoms with Gasteiger partial charge in [0.25, 0.3) is 0 Å². The van der Waals surface area contributed by atoms with Gasteiger partial charge in [0.1, 0.15) is 0 Å². The predicted octanol–water partition coefficient (Wildman–Crippen LogP) is 0.796. The van der Waals surface area contributed by atoms with E-state index in [4.69, 9.17) is 0 Å². The lowest BCUT2D eigenvalue weighted by atomic mass is 10.2. The number of rotatable bonds is 6. The molecular formula is C15H29IN4O3S. The highest BCUT2D eigenvalue weighted by Gasteiger charge is 2.28. The Kier molecular flexibility index (Phi) is 9.32. The molecule has 1 aliphatic heterocycles. The van der Waals surface area contributed by atoms with E-state index >= 15 is 0 Å². The van der Waals surface area contributed by atoms with Crippen LogP contribution in [0.1, 0.15) is 45.4 Å². The van der Waals surface area contributed by atoms with Crippen molar-refractivity contribution in [3.05, 3.63) is 0 Å². The topological polar surface area (TPSA) is 99.7 Å². The second kappa shape index (κ2) is 10.4. The molecule has 0 bridgehead atoms. The highest BCUT2D eigenvalue weighted by atomic mass is 127. The first kappa shape index (κ1) is 21.5. The molecule has 9 heteroatoms. The summed E-state index contributed by atoms with van der Waals surface area (Å²) in [6.45, 7) is 3.19. The molecule has 1 atom stereocenters. The number of hydrogen-bond acceptors (Lipinski definition) is 4. The van der Waals surface area contributed by atoms with Crippen LogP contribution >= 0.6 is 24.0 Å². The van der Waals surface area contributed by atoms with Crippen molar-refractivity contribution >= 4 is 45.7 Å². The molecule has 140 valence electrons. The number of carbonyl (C=O) groups is 1. The van der Waals surface area contributed by atoms with E-state index in [1.54, 1.807) is 0 Å². The van der Waals surface area contributed by atoms with Gasteiger partial charge < -0.3 is 16.0 Å². The van der Waals surface area contributed by atoms with Crippen LogP contribution in [0.4, 0.5) is 0 Å². The number of amides is 1. The maximum absolute atomic E-state index is 11.9. The van der Waals surface area contributed by atoms with Gasteiger partial charge in [-0.1, -0.05) is 12.8 Å². The van der Waals surface area contributed by atoms with Gasteiger partial charge in [-0.15, -0.1) is 24.0 Å². The van der Waals surface area contributed by atoms with Crippen LogP contribution in [-0.2, 0) is 14.6 Å². The molecule has 0 radical (unpaired) electrons. The van der Waals surface area contributed by atoms with Crippen LogP contribution in [-0.4, -0.2) is 57.0 Å². The molecule has 0 spiro atoms. The van der Waals surface area contributed by atoms with E-state index in [1.165, 1.54) is 25.7 Å². The van der Waals surface area contributed by atoms with Crippen molar-refractivity contribution in [2.24, 2.45) is 4.99 Å². The average molecular weight is 472 g/mol. The first-order valence-corrected chi connectivity index (χ1v) is 10.4. The Bertz CT molecular complexity index is 533. The van der Waals surface area contributed by atoms with E-state index in [-0.39, 0.29) is 53.9 Å². The standard InChI is InChI=1S/C15H28N4O3S.HI/c1-2-16-15(19-12-5-3-4-6-12)17-9-7-14(20)18-13-8-10-23(21,22)11-13;/h12-13H,2-11H2,1H3,(H,18,20)(H2,16,17,19);1H. The summed E-state index contributed by atoms with van der Waals surface area (Å²) < 4.78 is 22.7. The Morgan fingerprint density at radius 1 is 1.12 bits per heavy atom. The molecule has 1 saturated heterocycles. The van der Waals surface area contributed by atoms with E-state index < -0.39 is 9.84 Å². The van der Waals surface area contributed by atoms with E-state index in [0.717, 1.165) is 12.5 Å². The lowest BCUT2D eigenvalue weighted by molar-refractivity contribution is -0.121. The fourth-order valence-corrected chi connectivity index (χ4v) is 4.73. The van der Waals surface area contributed by atoms with Crippen molar-refractivity contribution in [3.63, 3.8) is 0 Å². The van der Waals surface area contributed by atoms with Crippen molar-refractivity contribution in [1.29, 1.82) is 0 Å². The summed E-state index contributed by atoms with van der Waals surface area (Å²) in [7, 11) is -2.96. The summed E-state index contributed by atoms with van der Waals surface area (Å²) in [4.78, 5) is 16.3. The van der Waals surface area contributed by atoms with Crippen LogP contribution in [0, 0.1) is 0 Å². The number of halogens is 1. The molecular weight excluding hydrogens is 443 g/mol. The van der Waals surface area contributed by atoms with E-state index in [2.05, 4.69) is 20.9 Å². The van der Waals surface area contributed by atoms with E-state index in [0.29, 0.717) is 19.0 Å². The highest BCUT2D eigenvalue weighted by molar-refractivity contribution is 14.0. The van der Waals surface area contributed by atoms with Gasteiger partial charge in [0.05, 0.1) is 18.1 Å². The van der Waals surface area contributed by atoms with Gasteiger partial charge in [-0.05, 0) is 26.2 Å². The molecule has 0 aromatic heterocycles. The van der Waals surface area contributed by atoms with Crippen LogP contribution in [0.15, 0.2) is 4.99 Å². The number of nitrogens with one attached hydrogen (secondary N) is 3. The summed E-state index contributed by atoms with van der Waals surface area (Å²) in [6, 6.07) is 0.242. The third kappa shape index (κ3) is 7.54. The van der Waals surface area contributed by atoms with Gasteiger partial charge in [-0.3, -0.25) is 9.79 Å². The third-order valence-electron chi connectivity index (χ3n) is 4.25. The summed E-state index contributed by atoms with van der Waals surface area (Å²) in [5, 5.41) is 9.38. The molecule has 1 heterocycles. The Balaban J connectivity index is 0.00000288. The number of hydrogen-bond donors (Lipinski definition) is 3. The van der Waals surface area contributed by atoms with Gasteiger partial charge in [0.2, 0.25) is 5.91 Å². The van der Waals surface area contributed by atoms with Crippen LogP contribution < -0.4 is 16.0 Å². The van der Waals surface area contributed by atoms with Gasteiger partial charge in [0.15, 0.2) is 15.8 Å². The fraction of sp³-hybridized carbons (Fsp3) is 0.867. The normalized spacial score (nSPS) is 23.5.